The zero-order valence-electron chi connectivity index (χ0n) is 10.1. The van der Waals surface area contributed by atoms with Crippen LogP contribution in [0.1, 0.15) is 18.8 Å². The van der Waals surface area contributed by atoms with Crippen molar-refractivity contribution >= 4 is 11.6 Å². The van der Waals surface area contributed by atoms with Gasteiger partial charge in [-0.3, -0.25) is 4.79 Å². The summed E-state index contributed by atoms with van der Waals surface area (Å²) < 4.78 is 10.7. The lowest BCUT2D eigenvalue weighted by Crippen LogP contribution is -2.25. The second kappa shape index (κ2) is 6.88. The van der Waals surface area contributed by atoms with Crippen LogP contribution in [-0.2, 0) is 14.3 Å². The molecule has 1 amide bonds. The van der Waals surface area contributed by atoms with E-state index < -0.39 is 6.29 Å². The third kappa shape index (κ3) is 4.84. The summed E-state index contributed by atoms with van der Waals surface area (Å²) in [4.78, 5) is 10.7. The molecule has 0 aliphatic heterocycles. The summed E-state index contributed by atoms with van der Waals surface area (Å²) in [6, 6.07) is 7.28. The van der Waals surface area contributed by atoms with E-state index in [4.69, 9.17) is 15.2 Å². The lowest BCUT2D eigenvalue weighted by atomic mass is 10.2. The lowest BCUT2D eigenvalue weighted by molar-refractivity contribution is -0.130. The van der Waals surface area contributed by atoms with Crippen molar-refractivity contribution in [1.82, 2.24) is 5.32 Å². The Morgan fingerprint density at radius 2 is 2.06 bits per heavy atom. The molecule has 3 N–H and O–H groups in total. The number of hydrogen-bond acceptors (Lipinski definition) is 4. The van der Waals surface area contributed by atoms with Gasteiger partial charge in [0.2, 0.25) is 5.91 Å². The molecule has 0 saturated carbocycles. The maximum absolute atomic E-state index is 10.7. The van der Waals surface area contributed by atoms with E-state index in [1.165, 1.54) is 6.92 Å². The predicted octanol–water partition coefficient (Wildman–Crippen LogP) is 1.07. The topological polar surface area (TPSA) is 73.6 Å². The molecular weight excluding hydrogens is 220 g/mol. The maximum atomic E-state index is 10.7. The summed E-state index contributed by atoms with van der Waals surface area (Å²) in [6.07, 6.45) is -0.440. The van der Waals surface area contributed by atoms with Gasteiger partial charge >= 0.3 is 0 Å². The average molecular weight is 238 g/mol. The molecule has 5 nitrogen and oxygen atoms in total. The fourth-order valence-electron chi connectivity index (χ4n) is 1.35. The van der Waals surface area contributed by atoms with Gasteiger partial charge in [0.25, 0.3) is 0 Å². The monoisotopic (exact) mass is 238 g/mol. The highest BCUT2D eigenvalue weighted by Crippen LogP contribution is 2.18. The molecule has 0 aromatic heterocycles. The van der Waals surface area contributed by atoms with Crippen molar-refractivity contribution in [3.63, 3.8) is 0 Å². The number of nitrogen functional groups attached to an aromatic ring is 1. The fourth-order valence-corrected chi connectivity index (χ4v) is 1.35. The summed E-state index contributed by atoms with van der Waals surface area (Å²) in [7, 11) is 1.57. The van der Waals surface area contributed by atoms with Gasteiger partial charge in [0.1, 0.15) is 0 Å². The normalized spacial score (nSPS) is 12.1. The van der Waals surface area contributed by atoms with Gasteiger partial charge in [0.15, 0.2) is 6.29 Å². The van der Waals surface area contributed by atoms with E-state index in [0.717, 1.165) is 5.56 Å². The Kier molecular flexibility index (Phi) is 5.45. The van der Waals surface area contributed by atoms with Crippen LogP contribution in [0.4, 0.5) is 5.69 Å². The van der Waals surface area contributed by atoms with Gasteiger partial charge in [-0.05, 0) is 12.1 Å². The number of carbonyl (C=O) groups excluding carboxylic acids is 1. The first kappa shape index (κ1) is 13.5. The zero-order valence-corrected chi connectivity index (χ0v) is 10.1. The van der Waals surface area contributed by atoms with Crippen LogP contribution in [0, 0.1) is 0 Å². The van der Waals surface area contributed by atoms with E-state index in [1.54, 1.807) is 19.2 Å². The van der Waals surface area contributed by atoms with E-state index in [1.807, 2.05) is 12.1 Å². The highest BCUT2D eigenvalue weighted by molar-refractivity contribution is 5.72. The fraction of sp³-hybridized carbons (Fsp3) is 0.417. The van der Waals surface area contributed by atoms with Crippen LogP contribution in [-0.4, -0.2) is 26.2 Å². The Bertz CT molecular complexity index is 351. The Hall–Kier alpha value is -1.59. The number of hydrogen-bond donors (Lipinski definition) is 2. The van der Waals surface area contributed by atoms with E-state index in [9.17, 15) is 4.79 Å². The Balaban J connectivity index is 2.43. The van der Waals surface area contributed by atoms with Crippen LogP contribution in [0.25, 0.3) is 0 Å². The summed E-state index contributed by atoms with van der Waals surface area (Å²) >= 11 is 0. The van der Waals surface area contributed by atoms with Gasteiger partial charge < -0.3 is 20.5 Å². The van der Waals surface area contributed by atoms with Crippen molar-refractivity contribution < 1.29 is 14.3 Å². The van der Waals surface area contributed by atoms with Crippen LogP contribution in [0.5, 0.6) is 0 Å². The molecule has 0 aliphatic rings. The smallest absolute Gasteiger partial charge is 0.216 e. The highest BCUT2D eigenvalue weighted by atomic mass is 16.7. The van der Waals surface area contributed by atoms with Gasteiger partial charge in [0.05, 0.1) is 6.61 Å². The standard InChI is InChI=1S/C12H18N2O3/c1-9(15)14-7-8-17-12(16-2)10-3-5-11(13)6-4-10/h3-6,12H,7-8,13H2,1-2H3,(H,14,15). The summed E-state index contributed by atoms with van der Waals surface area (Å²) in [5.74, 6) is -0.0740. The molecule has 1 atom stereocenters. The summed E-state index contributed by atoms with van der Waals surface area (Å²) in [5.41, 5.74) is 7.18. The van der Waals surface area contributed by atoms with Crippen molar-refractivity contribution in [3.05, 3.63) is 29.8 Å². The number of ether oxygens (including phenoxy) is 2. The minimum Gasteiger partial charge on any atom is -0.399 e. The van der Waals surface area contributed by atoms with Gasteiger partial charge in [-0.25, -0.2) is 0 Å². The molecule has 0 bridgehead atoms. The molecule has 17 heavy (non-hydrogen) atoms. The van der Waals surface area contributed by atoms with Gasteiger partial charge in [0, 0.05) is 31.8 Å². The molecular formula is C12H18N2O3. The van der Waals surface area contributed by atoms with Crippen LogP contribution >= 0.6 is 0 Å². The van der Waals surface area contributed by atoms with Crippen molar-refractivity contribution in [1.29, 1.82) is 0 Å². The summed E-state index contributed by atoms with van der Waals surface area (Å²) in [5, 5.41) is 2.65. The van der Waals surface area contributed by atoms with E-state index in [2.05, 4.69) is 5.32 Å². The third-order valence-corrected chi connectivity index (χ3v) is 2.17. The first-order valence-electron chi connectivity index (χ1n) is 5.37. The van der Waals surface area contributed by atoms with Crippen molar-refractivity contribution in [2.75, 3.05) is 26.0 Å². The van der Waals surface area contributed by atoms with Crippen molar-refractivity contribution in [3.8, 4) is 0 Å². The van der Waals surface area contributed by atoms with Crippen LogP contribution in [0.3, 0.4) is 0 Å². The van der Waals surface area contributed by atoms with Crippen LogP contribution in [0.2, 0.25) is 0 Å². The zero-order chi connectivity index (χ0) is 12.7. The van der Waals surface area contributed by atoms with E-state index in [-0.39, 0.29) is 5.91 Å². The molecule has 94 valence electrons. The molecule has 1 rings (SSSR count). The number of carbonyl (C=O) groups is 1. The molecule has 5 heteroatoms. The molecule has 0 radical (unpaired) electrons. The molecule has 1 aromatic rings. The SMILES string of the molecule is COC(OCCNC(C)=O)c1ccc(N)cc1. The minimum absolute atomic E-state index is 0.0740. The summed E-state index contributed by atoms with van der Waals surface area (Å²) in [6.45, 7) is 2.32. The molecule has 1 aromatic carbocycles. The van der Waals surface area contributed by atoms with E-state index >= 15 is 0 Å². The first-order chi connectivity index (χ1) is 8.13. The number of nitrogens with one attached hydrogen (secondary N) is 1. The largest absolute Gasteiger partial charge is 0.399 e. The van der Waals surface area contributed by atoms with Crippen molar-refractivity contribution in [2.24, 2.45) is 0 Å². The second-order valence-corrected chi connectivity index (χ2v) is 3.59. The molecule has 0 saturated heterocycles. The average Bonchev–Trinajstić information content (AvgIpc) is 2.30. The van der Waals surface area contributed by atoms with Gasteiger partial charge in [-0.15, -0.1) is 0 Å². The Labute approximate surface area is 101 Å². The second-order valence-electron chi connectivity index (χ2n) is 3.59. The molecule has 1 unspecified atom stereocenters. The predicted molar refractivity (Wildman–Crippen MR) is 65.2 cm³/mol. The Morgan fingerprint density at radius 1 is 1.41 bits per heavy atom. The molecule has 0 fully saturated rings. The molecule has 0 aliphatic carbocycles. The number of methoxy groups -OCH3 is 1. The Morgan fingerprint density at radius 3 is 2.59 bits per heavy atom. The quantitative estimate of drug-likeness (QED) is 0.441. The number of benzene rings is 1. The number of rotatable bonds is 6. The van der Waals surface area contributed by atoms with Crippen LogP contribution in [0.15, 0.2) is 24.3 Å². The highest BCUT2D eigenvalue weighted by Gasteiger charge is 2.09. The lowest BCUT2D eigenvalue weighted by Gasteiger charge is -2.16. The molecule has 0 heterocycles. The van der Waals surface area contributed by atoms with Crippen molar-refractivity contribution in [2.45, 2.75) is 13.2 Å². The van der Waals surface area contributed by atoms with E-state index in [0.29, 0.717) is 18.8 Å². The van der Waals surface area contributed by atoms with Gasteiger partial charge in [-0.1, -0.05) is 12.1 Å². The number of amides is 1. The van der Waals surface area contributed by atoms with Gasteiger partial charge in [-0.2, -0.15) is 0 Å². The number of nitrogens with two attached hydrogens (primary N) is 1. The van der Waals surface area contributed by atoms with Crippen LogP contribution < -0.4 is 11.1 Å². The third-order valence-electron chi connectivity index (χ3n) is 2.17. The maximum Gasteiger partial charge on any atom is 0.216 e. The molecule has 0 spiro atoms. The minimum atomic E-state index is -0.440. The first-order valence-corrected chi connectivity index (χ1v) is 5.37. The number of anilines is 1.